The van der Waals surface area contributed by atoms with E-state index >= 15 is 0 Å². The molecule has 1 atom stereocenters. The predicted molar refractivity (Wildman–Crippen MR) is 75.5 cm³/mol. The smallest absolute Gasteiger partial charge is 0.237 e. The molecule has 1 aromatic rings. The van der Waals surface area contributed by atoms with Gasteiger partial charge >= 0.3 is 0 Å². The Morgan fingerprint density at radius 1 is 1.37 bits per heavy atom. The van der Waals surface area contributed by atoms with E-state index in [2.05, 4.69) is 11.2 Å². The number of nitrogens with two attached hydrogens (primary N) is 1. The molecule has 0 aliphatic heterocycles. The van der Waals surface area contributed by atoms with Crippen LogP contribution < -0.4 is 11.1 Å². The molecule has 1 amide bonds. The molecule has 0 aromatic heterocycles. The van der Waals surface area contributed by atoms with Crippen LogP contribution in [0.4, 0.5) is 0 Å². The van der Waals surface area contributed by atoms with Gasteiger partial charge in [0.05, 0.1) is 6.04 Å². The first-order valence-electron chi connectivity index (χ1n) is 6.38. The fourth-order valence-electron chi connectivity index (χ4n) is 1.67. The number of unbranched alkanes of at least 4 members (excludes halogenated alkanes) is 2. The van der Waals surface area contributed by atoms with Crippen molar-refractivity contribution >= 4 is 5.91 Å². The summed E-state index contributed by atoms with van der Waals surface area (Å²) in [7, 11) is 0. The maximum atomic E-state index is 11.7. The molecule has 0 fully saturated rings. The zero-order valence-corrected chi connectivity index (χ0v) is 10.9. The summed E-state index contributed by atoms with van der Waals surface area (Å²) in [6.45, 7) is 0.601. The van der Waals surface area contributed by atoms with Crippen LogP contribution in [0.2, 0.25) is 0 Å². The first-order valence-corrected chi connectivity index (χ1v) is 6.38. The van der Waals surface area contributed by atoms with Gasteiger partial charge in [-0.15, -0.1) is 12.3 Å². The van der Waals surface area contributed by atoms with Crippen LogP contribution in [0.25, 0.3) is 0 Å². The molecule has 4 nitrogen and oxygen atoms in total. The lowest BCUT2D eigenvalue weighted by Gasteiger charge is -2.12. The minimum atomic E-state index is -0.572. The van der Waals surface area contributed by atoms with E-state index in [0.29, 0.717) is 13.0 Å². The van der Waals surface area contributed by atoms with Crippen molar-refractivity contribution in [2.45, 2.75) is 31.7 Å². The minimum absolute atomic E-state index is 0.159. The number of nitrogens with one attached hydrogen (secondary N) is 1. The molecular weight excluding hydrogens is 240 g/mol. The molecule has 0 heterocycles. The van der Waals surface area contributed by atoms with E-state index in [1.807, 2.05) is 0 Å². The Morgan fingerprint density at radius 2 is 2.05 bits per heavy atom. The Labute approximate surface area is 114 Å². The molecule has 0 aliphatic rings. The van der Waals surface area contributed by atoms with E-state index in [4.69, 9.17) is 17.3 Å². The summed E-state index contributed by atoms with van der Waals surface area (Å²) < 4.78 is 0. The van der Waals surface area contributed by atoms with E-state index in [1.165, 1.54) is 0 Å². The van der Waals surface area contributed by atoms with Gasteiger partial charge in [-0.2, -0.15) is 0 Å². The van der Waals surface area contributed by atoms with Gasteiger partial charge in [-0.25, -0.2) is 0 Å². The lowest BCUT2D eigenvalue weighted by atomic mass is 10.1. The lowest BCUT2D eigenvalue weighted by Crippen LogP contribution is -2.42. The van der Waals surface area contributed by atoms with Gasteiger partial charge in [0.25, 0.3) is 0 Å². The molecule has 4 heteroatoms. The van der Waals surface area contributed by atoms with Crippen molar-refractivity contribution in [1.29, 1.82) is 0 Å². The van der Waals surface area contributed by atoms with Gasteiger partial charge in [-0.3, -0.25) is 4.79 Å². The van der Waals surface area contributed by atoms with Crippen LogP contribution in [0.1, 0.15) is 24.8 Å². The number of carbonyl (C=O) groups is 1. The Bertz CT molecular complexity index is 434. The van der Waals surface area contributed by atoms with E-state index in [-0.39, 0.29) is 11.7 Å². The van der Waals surface area contributed by atoms with Crippen LogP contribution in [-0.2, 0) is 11.2 Å². The summed E-state index contributed by atoms with van der Waals surface area (Å²) in [6.07, 6.45) is 8.10. The largest absolute Gasteiger partial charge is 0.508 e. The molecule has 4 N–H and O–H groups in total. The van der Waals surface area contributed by atoms with E-state index in [1.54, 1.807) is 24.3 Å². The summed E-state index contributed by atoms with van der Waals surface area (Å²) >= 11 is 0. The number of benzene rings is 1. The van der Waals surface area contributed by atoms with Crippen LogP contribution in [-0.4, -0.2) is 23.6 Å². The molecule has 0 unspecified atom stereocenters. The van der Waals surface area contributed by atoms with Crippen molar-refractivity contribution in [3.8, 4) is 18.1 Å². The van der Waals surface area contributed by atoms with Gasteiger partial charge < -0.3 is 16.2 Å². The van der Waals surface area contributed by atoms with Crippen molar-refractivity contribution < 1.29 is 9.90 Å². The zero-order chi connectivity index (χ0) is 14.1. The fourth-order valence-corrected chi connectivity index (χ4v) is 1.67. The summed E-state index contributed by atoms with van der Waals surface area (Å²) in [4.78, 5) is 11.7. The van der Waals surface area contributed by atoms with Gasteiger partial charge in [0.15, 0.2) is 0 Å². The molecule has 0 bridgehead atoms. The number of phenolic OH excluding ortho intramolecular Hbond substituents is 1. The van der Waals surface area contributed by atoms with Crippen molar-refractivity contribution in [3.05, 3.63) is 29.8 Å². The molecule has 0 saturated carbocycles. The Hall–Kier alpha value is -1.99. The first kappa shape index (κ1) is 15.1. The number of rotatable bonds is 7. The van der Waals surface area contributed by atoms with E-state index in [9.17, 15) is 4.79 Å². The maximum absolute atomic E-state index is 11.7. The second-order valence-corrected chi connectivity index (χ2v) is 4.43. The maximum Gasteiger partial charge on any atom is 0.237 e. The molecule has 1 aromatic carbocycles. The monoisotopic (exact) mass is 260 g/mol. The van der Waals surface area contributed by atoms with E-state index < -0.39 is 6.04 Å². The number of hydrogen-bond donors (Lipinski definition) is 3. The molecule has 102 valence electrons. The molecule has 0 aliphatic carbocycles. The molecule has 0 radical (unpaired) electrons. The number of terminal acetylenes is 1. The highest BCUT2D eigenvalue weighted by atomic mass is 16.3. The number of carbonyl (C=O) groups excluding carboxylic acids is 1. The average Bonchev–Trinajstić information content (AvgIpc) is 2.41. The van der Waals surface area contributed by atoms with Crippen LogP contribution >= 0.6 is 0 Å². The molecule has 1 rings (SSSR count). The highest BCUT2D eigenvalue weighted by molar-refractivity contribution is 5.81. The van der Waals surface area contributed by atoms with Gasteiger partial charge in [0.1, 0.15) is 5.75 Å². The number of hydrogen-bond acceptors (Lipinski definition) is 3. The predicted octanol–water partition coefficient (Wildman–Crippen LogP) is 1.18. The van der Waals surface area contributed by atoms with Crippen LogP contribution in [0.15, 0.2) is 24.3 Å². The second kappa shape index (κ2) is 8.17. The van der Waals surface area contributed by atoms with Gasteiger partial charge in [0, 0.05) is 13.0 Å². The SMILES string of the molecule is C#CCCCCNC(=O)[C@H](N)Cc1ccc(O)cc1. The fraction of sp³-hybridized carbons (Fsp3) is 0.400. The number of amides is 1. The van der Waals surface area contributed by atoms with Gasteiger partial charge in [0.2, 0.25) is 5.91 Å². The molecule has 0 spiro atoms. The summed E-state index contributed by atoms with van der Waals surface area (Å²) in [5.41, 5.74) is 6.75. The van der Waals surface area contributed by atoms with Gasteiger partial charge in [-0.1, -0.05) is 12.1 Å². The summed E-state index contributed by atoms with van der Waals surface area (Å²) in [6, 6.07) is 6.11. The van der Waals surface area contributed by atoms with Crippen molar-refractivity contribution in [1.82, 2.24) is 5.32 Å². The zero-order valence-electron chi connectivity index (χ0n) is 10.9. The summed E-state index contributed by atoms with van der Waals surface area (Å²) in [5.74, 6) is 2.60. The number of aromatic hydroxyl groups is 1. The normalized spacial score (nSPS) is 11.6. The quantitative estimate of drug-likeness (QED) is 0.509. The van der Waals surface area contributed by atoms with Crippen molar-refractivity contribution in [2.75, 3.05) is 6.54 Å². The third-order valence-corrected chi connectivity index (χ3v) is 2.78. The number of phenols is 1. The summed E-state index contributed by atoms with van der Waals surface area (Å²) in [5, 5.41) is 12.0. The van der Waals surface area contributed by atoms with Crippen LogP contribution in [0, 0.1) is 12.3 Å². The average molecular weight is 260 g/mol. The standard InChI is InChI=1S/C15H20N2O2/c1-2-3-4-5-10-17-15(19)14(16)11-12-6-8-13(18)9-7-12/h1,6-9,14,18H,3-5,10-11,16H2,(H,17,19)/t14-/m1/s1. The highest BCUT2D eigenvalue weighted by Crippen LogP contribution is 2.10. The van der Waals surface area contributed by atoms with Gasteiger partial charge in [-0.05, 0) is 37.0 Å². The third-order valence-electron chi connectivity index (χ3n) is 2.78. The molecule has 0 saturated heterocycles. The third kappa shape index (κ3) is 5.94. The minimum Gasteiger partial charge on any atom is -0.508 e. The molecule has 19 heavy (non-hydrogen) atoms. The first-order chi connectivity index (χ1) is 9.13. The highest BCUT2D eigenvalue weighted by Gasteiger charge is 2.13. The second-order valence-electron chi connectivity index (χ2n) is 4.43. The van der Waals surface area contributed by atoms with Crippen LogP contribution in [0.5, 0.6) is 5.75 Å². The Morgan fingerprint density at radius 3 is 2.68 bits per heavy atom. The lowest BCUT2D eigenvalue weighted by molar-refractivity contribution is -0.122. The van der Waals surface area contributed by atoms with Crippen LogP contribution in [0.3, 0.4) is 0 Å². The Balaban J connectivity index is 2.28. The Kier molecular flexibility index (Phi) is 6.48. The van der Waals surface area contributed by atoms with Crippen molar-refractivity contribution in [3.63, 3.8) is 0 Å². The molecular formula is C15H20N2O2. The topological polar surface area (TPSA) is 75.4 Å². The van der Waals surface area contributed by atoms with E-state index in [0.717, 1.165) is 24.8 Å². The van der Waals surface area contributed by atoms with Crippen molar-refractivity contribution in [2.24, 2.45) is 5.73 Å².